The zero-order valence-corrected chi connectivity index (χ0v) is 12.6. The summed E-state index contributed by atoms with van der Waals surface area (Å²) in [6.45, 7) is 2.43. The Morgan fingerprint density at radius 3 is 2.71 bits per heavy atom. The van der Waals surface area contributed by atoms with Crippen molar-refractivity contribution in [3.63, 3.8) is 0 Å². The Bertz CT molecular complexity index is 656. The van der Waals surface area contributed by atoms with Crippen molar-refractivity contribution in [2.75, 3.05) is 7.11 Å². The molecular formula is C16H16ClNO3. The van der Waals surface area contributed by atoms with E-state index in [1.165, 1.54) is 13.3 Å². The third kappa shape index (κ3) is 3.67. The highest BCUT2D eigenvalue weighted by atomic mass is 35.5. The highest BCUT2D eigenvalue weighted by Crippen LogP contribution is 2.36. The van der Waals surface area contributed by atoms with Crippen molar-refractivity contribution in [3.05, 3.63) is 58.1 Å². The summed E-state index contributed by atoms with van der Waals surface area (Å²) in [5.74, 6) is 0.962. The minimum absolute atomic E-state index is 0.399. The minimum atomic E-state index is 0.399. The molecule has 0 amide bonds. The van der Waals surface area contributed by atoms with Crippen LogP contribution in [0.25, 0.3) is 0 Å². The molecule has 0 aliphatic rings. The molecule has 5 heteroatoms. The molecule has 0 aliphatic carbocycles. The van der Waals surface area contributed by atoms with E-state index in [9.17, 15) is 0 Å². The van der Waals surface area contributed by atoms with E-state index in [1.54, 1.807) is 12.1 Å². The van der Waals surface area contributed by atoms with Gasteiger partial charge in [-0.15, -0.1) is 0 Å². The van der Waals surface area contributed by atoms with Crippen LogP contribution < -0.4 is 9.47 Å². The Kier molecular flexibility index (Phi) is 5.06. The lowest BCUT2D eigenvalue weighted by molar-refractivity contribution is 0.284. The summed E-state index contributed by atoms with van der Waals surface area (Å²) in [7, 11) is 1.53. The van der Waals surface area contributed by atoms with Crippen molar-refractivity contribution in [1.29, 1.82) is 0 Å². The van der Waals surface area contributed by atoms with Crippen LogP contribution in [-0.4, -0.2) is 18.5 Å². The van der Waals surface area contributed by atoms with Crippen LogP contribution in [0.5, 0.6) is 11.5 Å². The van der Waals surface area contributed by atoms with Gasteiger partial charge in [-0.25, -0.2) is 0 Å². The number of hydrogen-bond donors (Lipinski definition) is 1. The molecular weight excluding hydrogens is 290 g/mol. The summed E-state index contributed by atoms with van der Waals surface area (Å²) in [6.07, 6.45) is 1.28. The highest BCUT2D eigenvalue weighted by molar-refractivity contribution is 6.32. The van der Waals surface area contributed by atoms with E-state index in [0.717, 1.165) is 11.1 Å². The molecule has 0 aliphatic heterocycles. The molecule has 2 aromatic carbocycles. The molecule has 1 N–H and O–H groups in total. The van der Waals surface area contributed by atoms with Crippen LogP contribution in [0.4, 0.5) is 0 Å². The maximum absolute atomic E-state index is 8.58. The molecule has 110 valence electrons. The second-order valence-corrected chi connectivity index (χ2v) is 4.90. The largest absolute Gasteiger partial charge is 0.493 e. The fraction of sp³-hybridized carbons (Fsp3) is 0.188. The summed E-state index contributed by atoms with van der Waals surface area (Å²) < 4.78 is 11.1. The number of benzene rings is 2. The molecule has 0 heterocycles. The number of rotatable bonds is 5. The summed E-state index contributed by atoms with van der Waals surface area (Å²) in [6, 6.07) is 11.3. The van der Waals surface area contributed by atoms with Crippen LogP contribution in [0.1, 0.15) is 16.7 Å². The fourth-order valence-corrected chi connectivity index (χ4v) is 2.22. The van der Waals surface area contributed by atoms with Gasteiger partial charge in [0.1, 0.15) is 6.61 Å². The van der Waals surface area contributed by atoms with Crippen molar-refractivity contribution < 1.29 is 14.7 Å². The lowest BCUT2D eigenvalue weighted by atomic mass is 10.1. The number of nitrogens with zero attached hydrogens (tertiary/aromatic N) is 1. The van der Waals surface area contributed by atoms with E-state index in [-0.39, 0.29) is 0 Å². The van der Waals surface area contributed by atoms with Gasteiger partial charge in [-0.1, -0.05) is 41.0 Å². The molecule has 0 aromatic heterocycles. The normalized spacial score (nSPS) is 10.8. The van der Waals surface area contributed by atoms with Crippen LogP contribution in [0.3, 0.4) is 0 Å². The lowest BCUT2D eigenvalue weighted by Gasteiger charge is -2.14. The number of methoxy groups -OCH3 is 1. The predicted octanol–water partition coefficient (Wildman–Crippen LogP) is 4.04. The first kappa shape index (κ1) is 15.2. The van der Waals surface area contributed by atoms with Gasteiger partial charge in [0.2, 0.25) is 0 Å². The van der Waals surface area contributed by atoms with Gasteiger partial charge in [0.15, 0.2) is 11.5 Å². The van der Waals surface area contributed by atoms with Gasteiger partial charge >= 0.3 is 0 Å². The Labute approximate surface area is 128 Å². The lowest BCUT2D eigenvalue weighted by Crippen LogP contribution is -2.01. The minimum Gasteiger partial charge on any atom is -0.493 e. The molecule has 0 atom stereocenters. The summed E-state index contributed by atoms with van der Waals surface area (Å²) in [5.41, 5.74) is 2.86. The van der Waals surface area contributed by atoms with Crippen molar-refractivity contribution in [2.24, 2.45) is 5.16 Å². The molecule has 0 unspecified atom stereocenters. The maximum Gasteiger partial charge on any atom is 0.180 e. The number of halogens is 1. The van der Waals surface area contributed by atoms with Gasteiger partial charge in [-0.05, 0) is 30.2 Å². The topological polar surface area (TPSA) is 51.0 Å². The quantitative estimate of drug-likeness (QED) is 0.515. The fourth-order valence-electron chi connectivity index (χ4n) is 1.94. The Hall–Kier alpha value is -2.20. The molecule has 0 fully saturated rings. The van der Waals surface area contributed by atoms with E-state index in [4.69, 9.17) is 26.3 Å². The van der Waals surface area contributed by atoms with E-state index in [1.807, 2.05) is 31.2 Å². The molecule has 0 saturated carbocycles. The van der Waals surface area contributed by atoms with E-state index >= 15 is 0 Å². The summed E-state index contributed by atoms with van der Waals surface area (Å²) in [5, 5.41) is 12.0. The van der Waals surface area contributed by atoms with E-state index < -0.39 is 0 Å². The number of hydrogen-bond acceptors (Lipinski definition) is 4. The molecule has 2 aromatic rings. The summed E-state index contributed by atoms with van der Waals surface area (Å²) >= 11 is 6.21. The number of oxime groups is 1. The Morgan fingerprint density at radius 1 is 1.29 bits per heavy atom. The maximum atomic E-state index is 8.58. The number of aryl methyl sites for hydroxylation is 1. The number of ether oxygens (including phenoxy) is 2. The highest BCUT2D eigenvalue weighted by Gasteiger charge is 2.12. The first-order chi connectivity index (χ1) is 10.2. The Morgan fingerprint density at radius 2 is 2.05 bits per heavy atom. The van der Waals surface area contributed by atoms with Crippen LogP contribution >= 0.6 is 11.6 Å². The summed E-state index contributed by atoms with van der Waals surface area (Å²) in [4.78, 5) is 0. The smallest absolute Gasteiger partial charge is 0.180 e. The van der Waals surface area contributed by atoms with Crippen molar-refractivity contribution >= 4 is 17.8 Å². The van der Waals surface area contributed by atoms with Gasteiger partial charge in [0.25, 0.3) is 0 Å². The molecule has 2 rings (SSSR count). The van der Waals surface area contributed by atoms with Crippen LogP contribution in [0.2, 0.25) is 5.02 Å². The van der Waals surface area contributed by atoms with Crippen molar-refractivity contribution in [1.82, 2.24) is 0 Å². The van der Waals surface area contributed by atoms with Gasteiger partial charge in [0.05, 0.1) is 18.3 Å². The molecule has 0 bridgehead atoms. The molecule has 21 heavy (non-hydrogen) atoms. The van der Waals surface area contributed by atoms with E-state index in [2.05, 4.69) is 5.16 Å². The third-order valence-electron chi connectivity index (χ3n) is 3.09. The third-order valence-corrected chi connectivity index (χ3v) is 3.37. The Balaban J connectivity index is 2.25. The van der Waals surface area contributed by atoms with Crippen molar-refractivity contribution in [3.8, 4) is 11.5 Å². The zero-order valence-electron chi connectivity index (χ0n) is 11.8. The van der Waals surface area contributed by atoms with Gasteiger partial charge < -0.3 is 14.7 Å². The van der Waals surface area contributed by atoms with Crippen molar-refractivity contribution in [2.45, 2.75) is 13.5 Å². The zero-order chi connectivity index (χ0) is 15.2. The second-order valence-electron chi connectivity index (χ2n) is 4.49. The monoisotopic (exact) mass is 305 g/mol. The van der Waals surface area contributed by atoms with Gasteiger partial charge in [0, 0.05) is 5.56 Å². The molecule has 0 radical (unpaired) electrons. The first-order valence-electron chi connectivity index (χ1n) is 6.38. The van der Waals surface area contributed by atoms with Gasteiger partial charge in [-0.2, -0.15) is 0 Å². The van der Waals surface area contributed by atoms with Crippen LogP contribution in [0, 0.1) is 6.92 Å². The average Bonchev–Trinajstić information content (AvgIpc) is 2.47. The van der Waals surface area contributed by atoms with Gasteiger partial charge in [-0.3, -0.25) is 0 Å². The SMILES string of the molecule is COc1cc(/C=N/O)cc(Cl)c1OCc1ccccc1C. The first-order valence-corrected chi connectivity index (χ1v) is 6.75. The second kappa shape index (κ2) is 6.99. The van der Waals surface area contributed by atoms with Crippen LogP contribution in [0.15, 0.2) is 41.6 Å². The molecule has 0 saturated heterocycles. The van der Waals surface area contributed by atoms with Crippen LogP contribution in [-0.2, 0) is 6.61 Å². The molecule has 0 spiro atoms. The van der Waals surface area contributed by atoms with E-state index in [0.29, 0.717) is 28.7 Å². The standard InChI is InChI=1S/C16H16ClNO3/c1-11-5-3-4-6-13(11)10-21-16-14(17)7-12(9-18-19)8-15(16)20-2/h3-9,19H,10H2,1-2H3/b18-9+. The predicted molar refractivity (Wildman–Crippen MR) is 82.9 cm³/mol. The average molecular weight is 306 g/mol. The molecule has 4 nitrogen and oxygen atoms in total.